The molecule has 7 heteroatoms. The summed E-state index contributed by atoms with van der Waals surface area (Å²) < 4.78 is 18.1. The fourth-order valence-corrected chi connectivity index (χ4v) is 3.34. The minimum absolute atomic E-state index is 0.0313. The van der Waals surface area contributed by atoms with E-state index in [4.69, 9.17) is 26.1 Å². The highest BCUT2D eigenvalue weighted by atomic mass is 32.1. The van der Waals surface area contributed by atoms with Crippen LogP contribution in [-0.2, 0) is 11.3 Å². The first-order valence-electron chi connectivity index (χ1n) is 8.69. The summed E-state index contributed by atoms with van der Waals surface area (Å²) in [5, 5.41) is 0. The molecule has 1 heterocycles. The van der Waals surface area contributed by atoms with Crippen LogP contribution in [0.15, 0.2) is 46.9 Å². The molecule has 27 heavy (non-hydrogen) atoms. The van der Waals surface area contributed by atoms with Gasteiger partial charge in [0.2, 0.25) is 5.91 Å². The molecular weight excluding hydrogens is 364 g/mol. The third-order valence-electron chi connectivity index (χ3n) is 4.42. The van der Waals surface area contributed by atoms with Gasteiger partial charge in [-0.25, -0.2) is 0 Å². The zero-order valence-electron chi connectivity index (χ0n) is 15.6. The van der Waals surface area contributed by atoms with Crippen LogP contribution in [0.3, 0.4) is 0 Å². The fourth-order valence-electron chi connectivity index (χ4n) is 3.06. The van der Waals surface area contributed by atoms with E-state index in [0.29, 0.717) is 35.1 Å². The van der Waals surface area contributed by atoms with Crippen LogP contribution in [0, 0.1) is 4.84 Å². The van der Waals surface area contributed by atoms with Crippen molar-refractivity contribution < 1.29 is 18.7 Å². The van der Waals surface area contributed by atoms with Gasteiger partial charge in [0, 0.05) is 25.6 Å². The molecule has 0 unspecified atom stereocenters. The molecule has 0 saturated heterocycles. The van der Waals surface area contributed by atoms with Gasteiger partial charge in [-0.15, -0.1) is 0 Å². The Morgan fingerprint density at radius 2 is 1.96 bits per heavy atom. The molecule has 142 valence electrons. The zero-order valence-corrected chi connectivity index (χ0v) is 16.4. The number of hydrogen-bond donors (Lipinski definition) is 0. The third-order valence-corrected chi connectivity index (χ3v) is 4.72. The normalized spacial score (nSPS) is 10.8. The fraction of sp³-hybridized carbons (Fsp3) is 0.300. The van der Waals surface area contributed by atoms with E-state index < -0.39 is 0 Å². The number of fused-ring (bicyclic) bond motifs is 1. The zero-order chi connectivity index (χ0) is 19.4. The SMILES string of the molecule is CCN(C(=O)CCn1c(=S)oc2ccccc21)c1cc(OC)ccc1OC. The van der Waals surface area contributed by atoms with Crippen molar-refractivity contribution in [1.29, 1.82) is 0 Å². The molecule has 6 nitrogen and oxygen atoms in total. The first-order valence-corrected chi connectivity index (χ1v) is 9.10. The summed E-state index contributed by atoms with van der Waals surface area (Å²) in [6.07, 6.45) is 0.284. The second-order valence-corrected chi connectivity index (χ2v) is 6.26. The van der Waals surface area contributed by atoms with Crippen molar-refractivity contribution in [2.75, 3.05) is 25.7 Å². The quantitative estimate of drug-likeness (QED) is 0.563. The molecule has 0 aliphatic carbocycles. The Hall–Kier alpha value is -2.80. The number of carbonyl (C=O) groups is 1. The van der Waals surface area contributed by atoms with Crippen LogP contribution < -0.4 is 14.4 Å². The molecule has 0 bridgehead atoms. The number of ether oxygens (including phenoxy) is 2. The first-order chi connectivity index (χ1) is 13.1. The number of benzene rings is 2. The predicted molar refractivity (Wildman–Crippen MR) is 107 cm³/mol. The van der Waals surface area contributed by atoms with Crippen LogP contribution in [0.4, 0.5) is 5.69 Å². The van der Waals surface area contributed by atoms with E-state index in [1.807, 2.05) is 35.8 Å². The minimum atomic E-state index is -0.0313. The van der Waals surface area contributed by atoms with Crippen LogP contribution >= 0.6 is 12.2 Å². The number of amides is 1. The maximum Gasteiger partial charge on any atom is 0.269 e. The van der Waals surface area contributed by atoms with E-state index in [9.17, 15) is 4.79 Å². The molecular formula is C20H22N2O4S. The Labute approximate surface area is 162 Å². The van der Waals surface area contributed by atoms with Crippen molar-refractivity contribution >= 4 is 34.9 Å². The highest BCUT2D eigenvalue weighted by Gasteiger charge is 2.19. The van der Waals surface area contributed by atoms with Crippen LogP contribution in [0.5, 0.6) is 11.5 Å². The predicted octanol–water partition coefficient (Wildman–Crippen LogP) is 4.42. The van der Waals surface area contributed by atoms with Crippen molar-refractivity contribution in [1.82, 2.24) is 4.57 Å². The Morgan fingerprint density at radius 1 is 1.19 bits per heavy atom. The molecule has 0 aliphatic heterocycles. The topological polar surface area (TPSA) is 56.8 Å². The number of aryl methyl sites for hydroxylation is 1. The number of oxazole rings is 1. The van der Waals surface area contributed by atoms with Gasteiger partial charge in [-0.3, -0.25) is 9.36 Å². The highest BCUT2D eigenvalue weighted by molar-refractivity contribution is 7.71. The number of para-hydroxylation sites is 2. The first kappa shape index (κ1) is 19.0. The Bertz CT molecular complexity index is 1010. The van der Waals surface area contributed by atoms with Crippen molar-refractivity contribution in [2.45, 2.75) is 19.9 Å². The van der Waals surface area contributed by atoms with E-state index in [-0.39, 0.29) is 12.3 Å². The monoisotopic (exact) mass is 386 g/mol. The summed E-state index contributed by atoms with van der Waals surface area (Å²) in [6.45, 7) is 2.88. The summed E-state index contributed by atoms with van der Waals surface area (Å²) in [5.74, 6) is 1.26. The number of rotatable bonds is 7. The van der Waals surface area contributed by atoms with Crippen LogP contribution in [0.1, 0.15) is 13.3 Å². The summed E-state index contributed by atoms with van der Waals surface area (Å²) in [5.41, 5.74) is 2.29. The van der Waals surface area contributed by atoms with Crippen molar-refractivity contribution in [3.05, 3.63) is 47.3 Å². The van der Waals surface area contributed by atoms with E-state index in [1.165, 1.54) is 0 Å². The molecule has 0 N–H and O–H groups in total. The number of aromatic nitrogens is 1. The Balaban J connectivity index is 1.84. The van der Waals surface area contributed by atoms with E-state index in [0.717, 1.165) is 11.1 Å². The second kappa shape index (κ2) is 8.26. The summed E-state index contributed by atoms with van der Waals surface area (Å²) in [7, 11) is 3.18. The number of anilines is 1. The van der Waals surface area contributed by atoms with Gasteiger partial charge in [0.25, 0.3) is 4.84 Å². The van der Waals surface area contributed by atoms with Gasteiger partial charge < -0.3 is 18.8 Å². The molecule has 0 saturated carbocycles. The molecule has 0 atom stereocenters. The average Bonchev–Trinajstić information content (AvgIpc) is 3.01. The van der Waals surface area contributed by atoms with Gasteiger partial charge in [0.15, 0.2) is 5.58 Å². The Kier molecular flexibility index (Phi) is 5.81. The molecule has 0 spiro atoms. The smallest absolute Gasteiger partial charge is 0.269 e. The van der Waals surface area contributed by atoms with Gasteiger partial charge >= 0.3 is 0 Å². The Morgan fingerprint density at radius 3 is 2.67 bits per heavy atom. The average molecular weight is 386 g/mol. The lowest BCUT2D eigenvalue weighted by Crippen LogP contribution is -2.31. The summed E-state index contributed by atoms with van der Waals surface area (Å²) in [6, 6.07) is 13.0. The summed E-state index contributed by atoms with van der Waals surface area (Å²) >= 11 is 5.30. The van der Waals surface area contributed by atoms with E-state index in [2.05, 4.69) is 0 Å². The molecule has 3 aromatic rings. The highest BCUT2D eigenvalue weighted by Crippen LogP contribution is 2.32. The number of hydrogen-bond acceptors (Lipinski definition) is 5. The van der Waals surface area contributed by atoms with Crippen molar-refractivity contribution in [3.63, 3.8) is 0 Å². The second-order valence-electron chi connectivity index (χ2n) is 5.91. The van der Waals surface area contributed by atoms with Crippen molar-refractivity contribution in [3.8, 4) is 11.5 Å². The third kappa shape index (κ3) is 3.83. The number of nitrogens with zero attached hydrogens (tertiary/aromatic N) is 2. The lowest BCUT2D eigenvalue weighted by atomic mass is 10.2. The molecule has 1 amide bonds. The maximum absolute atomic E-state index is 12.9. The molecule has 2 aromatic carbocycles. The van der Waals surface area contributed by atoms with Crippen LogP contribution in [-0.4, -0.2) is 31.2 Å². The van der Waals surface area contributed by atoms with Gasteiger partial charge in [-0.05, 0) is 43.4 Å². The maximum atomic E-state index is 12.9. The molecule has 0 fully saturated rings. The molecule has 0 aliphatic rings. The van der Waals surface area contributed by atoms with Crippen molar-refractivity contribution in [2.24, 2.45) is 0 Å². The van der Waals surface area contributed by atoms with Gasteiger partial charge in [0.1, 0.15) is 11.5 Å². The number of methoxy groups -OCH3 is 2. The van der Waals surface area contributed by atoms with Crippen LogP contribution in [0.2, 0.25) is 0 Å². The standard InChI is InChI=1S/C20H22N2O4S/c1-4-21(16-13-14(24-2)9-10-17(16)25-3)19(23)11-12-22-15-7-5-6-8-18(15)26-20(22)27/h5-10,13H,4,11-12H2,1-3H3. The lowest BCUT2D eigenvalue weighted by molar-refractivity contribution is -0.118. The molecule has 1 aromatic heterocycles. The summed E-state index contributed by atoms with van der Waals surface area (Å²) in [4.78, 5) is 15.0. The van der Waals surface area contributed by atoms with E-state index >= 15 is 0 Å². The largest absolute Gasteiger partial charge is 0.497 e. The van der Waals surface area contributed by atoms with E-state index in [1.54, 1.807) is 37.3 Å². The molecule has 0 radical (unpaired) electrons. The lowest BCUT2D eigenvalue weighted by Gasteiger charge is -2.24. The number of carbonyl (C=O) groups excluding carboxylic acids is 1. The van der Waals surface area contributed by atoms with Gasteiger partial charge in [-0.1, -0.05) is 12.1 Å². The molecule has 3 rings (SSSR count). The van der Waals surface area contributed by atoms with Gasteiger partial charge in [-0.2, -0.15) is 0 Å². The van der Waals surface area contributed by atoms with Crippen LogP contribution in [0.25, 0.3) is 11.1 Å². The van der Waals surface area contributed by atoms with Gasteiger partial charge in [0.05, 0.1) is 25.4 Å². The minimum Gasteiger partial charge on any atom is -0.497 e.